The van der Waals surface area contributed by atoms with Crippen molar-refractivity contribution in [3.8, 4) is 11.5 Å². The fourth-order valence-electron chi connectivity index (χ4n) is 2.06. The van der Waals surface area contributed by atoms with Gasteiger partial charge < -0.3 is 14.2 Å². The quantitative estimate of drug-likeness (QED) is 0.565. The minimum Gasteiger partial charge on any atom is -0.497 e. The zero-order chi connectivity index (χ0) is 16.8. The summed E-state index contributed by atoms with van der Waals surface area (Å²) in [6.07, 6.45) is 2.76. The molecule has 0 heterocycles. The molecule has 122 valence electrons. The Balaban J connectivity index is 3.25. The van der Waals surface area contributed by atoms with E-state index in [4.69, 9.17) is 14.2 Å². The summed E-state index contributed by atoms with van der Waals surface area (Å²) in [7, 11) is 1.86. The van der Waals surface area contributed by atoms with Gasteiger partial charge in [0.1, 0.15) is 17.1 Å². The van der Waals surface area contributed by atoms with Gasteiger partial charge in [-0.1, -0.05) is 31.4 Å². The Hall–Kier alpha value is -1.75. The van der Waals surface area contributed by atoms with Crippen LogP contribution >= 0.6 is 0 Å². The van der Waals surface area contributed by atoms with E-state index >= 15 is 0 Å². The first-order valence-electron chi connectivity index (χ1n) is 7.42. The number of rotatable bonds is 7. The van der Waals surface area contributed by atoms with Gasteiger partial charge in [0, 0.05) is 6.07 Å². The van der Waals surface area contributed by atoms with Crippen LogP contribution in [0.15, 0.2) is 23.9 Å². The summed E-state index contributed by atoms with van der Waals surface area (Å²) in [6.45, 7) is 8.92. The Bertz CT molecular complexity index is 544. The van der Waals surface area contributed by atoms with Crippen LogP contribution in [0.2, 0.25) is 19.6 Å². The summed E-state index contributed by atoms with van der Waals surface area (Å²) >= 11 is 0. The van der Waals surface area contributed by atoms with E-state index in [1.165, 1.54) is 0 Å². The predicted molar refractivity (Wildman–Crippen MR) is 91.7 cm³/mol. The van der Waals surface area contributed by atoms with Crippen LogP contribution in [0.5, 0.6) is 11.5 Å². The Labute approximate surface area is 134 Å². The average Bonchev–Trinajstić information content (AvgIpc) is 2.45. The lowest BCUT2D eigenvalue weighted by molar-refractivity contribution is 0.0521. The summed E-state index contributed by atoms with van der Waals surface area (Å²) in [6, 6.07) is 3.57. The van der Waals surface area contributed by atoms with Crippen molar-refractivity contribution in [2.24, 2.45) is 0 Å². The maximum absolute atomic E-state index is 12.2. The third kappa shape index (κ3) is 5.22. The molecule has 1 aromatic rings. The number of esters is 1. The second kappa shape index (κ2) is 8.03. The number of carbonyl (C=O) groups is 1. The second-order valence-electron chi connectivity index (χ2n) is 6.06. The van der Waals surface area contributed by atoms with Crippen LogP contribution in [0.25, 0.3) is 0 Å². The molecule has 1 rings (SSSR count). The Morgan fingerprint density at radius 3 is 2.36 bits per heavy atom. The van der Waals surface area contributed by atoms with Crippen molar-refractivity contribution in [3.05, 3.63) is 35.0 Å². The minimum atomic E-state index is -1.27. The molecular formula is C17H26O4Si. The van der Waals surface area contributed by atoms with Crippen molar-refractivity contribution >= 4 is 14.0 Å². The molecule has 0 aliphatic rings. The van der Waals surface area contributed by atoms with Gasteiger partial charge in [-0.05, 0) is 25.0 Å². The maximum atomic E-state index is 12.2. The van der Waals surface area contributed by atoms with Crippen molar-refractivity contribution in [1.82, 2.24) is 0 Å². The first-order valence-corrected chi connectivity index (χ1v) is 11.0. The highest BCUT2D eigenvalue weighted by atomic mass is 28.3. The normalized spacial score (nSPS) is 11.5. The van der Waals surface area contributed by atoms with Gasteiger partial charge in [0.05, 0.1) is 28.9 Å². The largest absolute Gasteiger partial charge is 0.497 e. The smallest absolute Gasteiger partial charge is 0.342 e. The molecule has 1 aromatic carbocycles. The number of carbonyl (C=O) groups excluding carboxylic acids is 1. The summed E-state index contributed by atoms with van der Waals surface area (Å²) in [4.78, 5) is 12.2. The highest BCUT2D eigenvalue weighted by Crippen LogP contribution is 2.30. The first-order chi connectivity index (χ1) is 10.3. The van der Waals surface area contributed by atoms with Crippen molar-refractivity contribution < 1.29 is 19.0 Å². The van der Waals surface area contributed by atoms with E-state index < -0.39 is 8.07 Å². The van der Waals surface area contributed by atoms with E-state index in [-0.39, 0.29) is 5.97 Å². The molecule has 0 saturated heterocycles. The third-order valence-electron chi connectivity index (χ3n) is 3.05. The SMILES string of the molecule is CCOC(=O)c1c(C/C=C/[Si](C)(C)C)cc(OC)cc1OC. The zero-order valence-corrected chi connectivity index (χ0v) is 15.4. The molecule has 22 heavy (non-hydrogen) atoms. The molecule has 5 heteroatoms. The third-order valence-corrected chi connectivity index (χ3v) is 4.28. The Morgan fingerprint density at radius 1 is 1.18 bits per heavy atom. The van der Waals surface area contributed by atoms with Gasteiger partial charge in [-0.2, -0.15) is 0 Å². The van der Waals surface area contributed by atoms with Gasteiger partial charge in [-0.15, -0.1) is 0 Å². The number of hydrogen-bond donors (Lipinski definition) is 0. The van der Waals surface area contributed by atoms with Crippen LogP contribution in [0.3, 0.4) is 0 Å². The molecule has 0 bridgehead atoms. The Morgan fingerprint density at radius 2 is 1.86 bits per heavy atom. The van der Waals surface area contributed by atoms with Crippen LogP contribution in [0.1, 0.15) is 22.8 Å². The molecule has 4 nitrogen and oxygen atoms in total. The lowest BCUT2D eigenvalue weighted by Crippen LogP contribution is -2.15. The fraction of sp³-hybridized carbons (Fsp3) is 0.471. The number of benzene rings is 1. The minimum absolute atomic E-state index is 0.332. The second-order valence-corrected chi connectivity index (χ2v) is 11.1. The van der Waals surface area contributed by atoms with Crippen molar-refractivity contribution in [1.29, 1.82) is 0 Å². The van der Waals surface area contributed by atoms with Crippen molar-refractivity contribution in [3.63, 3.8) is 0 Å². The molecule has 0 unspecified atom stereocenters. The molecule has 0 aliphatic carbocycles. The van der Waals surface area contributed by atoms with E-state index in [1.54, 1.807) is 27.2 Å². The molecule has 0 radical (unpaired) electrons. The topological polar surface area (TPSA) is 44.8 Å². The van der Waals surface area contributed by atoms with E-state index in [0.29, 0.717) is 30.1 Å². The zero-order valence-electron chi connectivity index (χ0n) is 14.4. The summed E-state index contributed by atoms with van der Waals surface area (Å²) < 4.78 is 15.8. The summed E-state index contributed by atoms with van der Waals surface area (Å²) in [5.41, 5.74) is 3.59. The van der Waals surface area contributed by atoms with Gasteiger partial charge in [-0.25, -0.2) is 4.79 Å². The van der Waals surface area contributed by atoms with Crippen molar-refractivity contribution in [2.45, 2.75) is 33.0 Å². The summed E-state index contributed by atoms with van der Waals surface area (Å²) in [5.74, 6) is 0.786. The van der Waals surface area contributed by atoms with Crippen LogP contribution in [0.4, 0.5) is 0 Å². The highest BCUT2D eigenvalue weighted by molar-refractivity contribution is 6.80. The van der Waals surface area contributed by atoms with E-state index in [1.807, 2.05) is 6.07 Å². The average molecular weight is 322 g/mol. The lowest BCUT2D eigenvalue weighted by Gasteiger charge is -2.14. The van der Waals surface area contributed by atoms with Crippen molar-refractivity contribution in [2.75, 3.05) is 20.8 Å². The standard InChI is InChI=1S/C17H26O4Si/c1-7-21-17(18)16-13(9-8-10-22(4,5)6)11-14(19-2)12-15(16)20-3/h8,10-12H,7,9H2,1-6H3/b10-8+. The van der Waals surface area contributed by atoms with E-state index in [9.17, 15) is 4.79 Å². The maximum Gasteiger partial charge on any atom is 0.342 e. The fourth-order valence-corrected chi connectivity index (χ4v) is 2.88. The molecule has 0 N–H and O–H groups in total. The first kappa shape index (κ1) is 18.3. The molecule has 0 fully saturated rings. The lowest BCUT2D eigenvalue weighted by atomic mass is 10.0. The molecular weight excluding hydrogens is 296 g/mol. The number of ether oxygens (including phenoxy) is 3. The van der Waals surface area contributed by atoms with Crippen LogP contribution in [-0.4, -0.2) is 34.9 Å². The monoisotopic (exact) mass is 322 g/mol. The molecule has 0 aromatic heterocycles. The number of methoxy groups -OCH3 is 2. The van der Waals surface area contributed by atoms with Gasteiger partial charge in [0.2, 0.25) is 0 Å². The van der Waals surface area contributed by atoms with E-state index in [2.05, 4.69) is 31.4 Å². The van der Waals surface area contributed by atoms with Crippen LogP contribution < -0.4 is 9.47 Å². The van der Waals surface area contributed by atoms with Gasteiger partial charge >= 0.3 is 5.97 Å². The van der Waals surface area contributed by atoms with Crippen LogP contribution in [-0.2, 0) is 11.2 Å². The van der Waals surface area contributed by atoms with Gasteiger partial charge in [0.15, 0.2) is 0 Å². The molecule has 0 saturated carbocycles. The number of hydrogen-bond acceptors (Lipinski definition) is 4. The molecule has 0 spiro atoms. The van der Waals surface area contributed by atoms with Crippen LogP contribution in [0, 0.1) is 0 Å². The summed E-state index contributed by atoms with van der Waals surface area (Å²) in [5, 5.41) is 0. The predicted octanol–water partition coefficient (Wildman–Crippen LogP) is 3.86. The van der Waals surface area contributed by atoms with Gasteiger partial charge in [-0.3, -0.25) is 0 Å². The molecule has 0 aliphatic heterocycles. The molecule has 0 amide bonds. The van der Waals surface area contributed by atoms with E-state index in [0.717, 1.165) is 5.56 Å². The van der Waals surface area contributed by atoms with Gasteiger partial charge in [0.25, 0.3) is 0 Å². The highest BCUT2D eigenvalue weighted by Gasteiger charge is 2.20. The number of allylic oxidation sites excluding steroid dienone is 1. The molecule has 0 atom stereocenters. The Kier molecular flexibility index (Phi) is 6.68.